The Balaban J connectivity index is 1.43. The first-order valence-corrected chi connectivity index (χ1v) is 14.1. The molecule has 5 aliphatic carbocycles. The number of hydrogen-bond donors (Lipinski definition) is 2. The minimum Gasteiger partial charge on any atom is -0.508 e. The maximum atomic E-state index is 10.3. The molecule has 2 heterocycles. The molecule has 1 aromatic carbocycles. The predicted octanol–water partition coefficient (Wildman–Crippen LogP) is 5.62. The SMILES string of the molecule is CC1(C)O[C@@]23[C@@H]4CC[C@H]5[C@@H](Cc6ccc(O)cc6CC#C[C@H]2[C@H](N)[C@H]1C4)CC1(CCCC1)C[C@H]53. The van der Waals surface area contributed by atoms with Crippen molar-refractivity contribution in [2.45, 2.75) is 102 Å². The highest BCUT2D eigenvalue weighted by Gasteiger charge is 2.70. The summed E-state index contributed by atoms with van der Waals surface area (Å²) in [5.41, 5.74) is 9.90. The molecule has 0 radical (unpaired) electrons. The fourth-order valence-electron chi connectivity index (χ4n) is 10.4. The molecular weight excluding hydrogens is 418 g/mol. The molecule has 34 heavy (non-hydrogen) atoms. The second-order valence-electron chi connectivity index (χ2n) is 13.5. The molecular formula is C31H41NO2. The lowest BCUT2D eigenvalue weighted by Crippen LogP contribution is -2.76. The molecule has 6 fully saturated rings. The van der Waals surface area contributed by atoms with E-state index in [0.29, 0.717) is 47.2 Å². The van der Waals surface area contributed by atoms with Gasteiger partial charge in [-0.3, -0.25) is 0 Å². The van der Waals surface area contributed by atoms with Gasteiger partial charge in [-0.05, 0) is 118 Å². The molecule has 4 saturated carbocycles. The third kappa shape index (κ3) is 2.91. The van der Waals surface area contributed by atoms with Crippen molar-refractivity contribution < 1.29 is 9.84 Å². The van der Waals surface area contributed by atoms with Crippen LogP contribution in [0.15, 0.2) is 18.2 Å². The van der Waals surface area contributed by atoms with Gasteiger partial charge < -0.3 is 15.6 Å². The number of rotatable bonds is 0. The highest BCUT2D eigenvalue weighted by molar-refractivity contribution is 5.39. The summed E-state index contributed by atoms with van der Waals surface area (Å²) in [6.07, 6.45) is 14.0. The fourth-order valence-corrected chi connectivity index (χ4v) is 10.4. The van der Waals surface area contributed by atoms with Gasteiger partial charge in [-0.1, -0.05) is 30.7 Å². The number of ether oxygens (including phenoxy) is 1. The van der Waals surface area contributed by atoms with E-state index in [1.165, 1.54) is 68.9 Å². The zero-order valence-corrected chi connectivity index (χ0v) is 21.0. The summed E-state index contributed by atoms with van der Waals surface area (Å²) >= 11 is 0. The standard InChI is InChI=1S/C31H41NO2/c1-29(2)26-16-22-9-11-24-21-14-20-8-10-23(33)15-19(20)6-5-7-25(28(26)32)31(22,34-29)27(24)18-30(17-21)12-3-4-13-30/h8,10,15,21-22,24-28,33H,3-4,6,9,11-14,16-18,32H2,1-2H3/t21-,22+,24-,25-,26+,27+,28-,31-/m0/s1. The van der Waals surface area contributed by atoms with Crippen molar-refractivity contribution in [1.29, 1.82) is 0 Å². The lowest BCUT2D eigenvalue weighted by molar-refractivity contribution is -0.333. The van der Waals surface area contributed by atoms with Gasteiger partial charge >= 0.3 is 0 Å². The normalized spacial score (nSPS) is 45.1. The van der Waals surface area contributed by atoms with Crippen LogP contribution >= 0.6 is 0 Å². The quantitative estimate of drug-likeness (QED) is 0.495. The van der Waals surface area contributed by atoms with Gasteiger partial charge in [0.05, 0.1) is 17.1 Å². The van der Waals surface area contributed by atoms with Crippen molar-refractivity contribution in [3.63, 3.8) is 0 Å². The van der Waals surface area contributed by atoms with Crippen LogP contribution < -0.4 is 5.73 Å². The lowest BCUT2D eigenvalue weighted by atomic mass is 9.42. The van der Waals surface area contributed by atoms with E-state index in [9.17, 15) is 5.11 Å². The molecule has 3 heteroatoms. The highest BCUT2D eigenvalue weighted by atomic mass is 16.5. The number of aromatic hydroxyl groups is 1. The van der Waals surface area contributed by atoms with Crippen LogP contribution in [0.3, 0.4) is 0 Å². The molecule has 3 N–H and O–H groups in total. The smallest absolute Gasteiger partial charge is 0.115 e. The second-order valence-corrected chi connectivity index (χ2v) is 13.5. The van der Waals surface area contributed by atoms with E-state index in [1.807, 2.05) is 12.1 Å². The van der Waals surface area contributed by atoms with Crippen LogP contribution in [0.4, 0.5) is 0 Å². The molecule has 2 aliphatic heterocycles. The van der Waals surface area contributed by atoms with Crippen molar-refractivity contribution in [2.24, 2.45) is 46.7 Å². The molecule has 0 unspecified atom stereocenters. The lowest BCUT2D eigenvalue weighted by Gasteiger charge is -2.71. The van der Waals surface area contributed by atoms with Crippen LogP contribution in [0.5, 0.6) is 5.75 Å². The Morgan fingerprint density at radius 3 is 2.71 bits per heavy atom. The Hall–Kier alpha value is -1.50. The van der Waals surface area contributed by atoms with E-state index >= 15 is 0 Å². The first-order valence-electron chi connectivity index (χ1n) is 14.1. The van der Waals surface area contributed by atoms with Gasteiger partial charge in [-0.15, -0.1) is 0 Å². The van der Waals surface area contributed by atoms with Gasteiger partial charge in [0.15, 0.2) is 0 Å². The van der Waals surface area contributed by atoms with Crippen LogP contribution in [0.1, 0.15) is 82.8 Å². The van der Waals surface area contributed by atoms with Gasteiger partial charge in [0.1, 0.15) is 5.75 Å². The van der Waals surface area contributed by atoms with Crippen molar-refractivity contribution in [3.8, 4) is 17.6 Å². The molecule has 2 spiro atoms. The van der Waals surface area contributed by atoms with E-state index in [1.54, 1.807) is 0 Å². The zero-order chi connectivity index (χ0) is 23.3. The van der Waals surface area contributed by atoms with Gasteiger partial charge in [0, 0.05) is 18.4 Å². The van der Waals surface area contributed by atoms with Crippen molar-refractivity contribution in [1.82, 2.24) is 0 Å². The summed E-state index contributed by atoms with van der Waals surface area (Å²) < 4.78 is 7.40. The third-order valence-electron chi connectivity index (χ3n) is 11.6. The van der Waals surface area contributed by atoms with E-state index < -0.39 is 0 Å². The minimum absolute atomic E-state index is 0.0931. The van der Waals surface area contributed by atoms with Crippen LogP contribution in [0, 0.1) is 52.8 Å². The summed E-state index contributed by atoms with van der Waals surface area (Å²) in [6, 6.07) is 6.13. The van der Waals surface area contributed by atoms with Gasteiger partial charge in [-0.2, -0.15) is 0 Å². The van der Waals surface area contributed by atoms with Crippen LogP contribution in [-0.4, -0.2) is 22.4 Å². The zero-order valence-electron chi connectivity index (χ0n) is 21.0. The summed E-state index contributed by atoms with van der Waals surface area (Å²) in [4.78, 5) is 0. The number of fused-ring (bicyclic) bond motifs is 2. The second kappa shape index (κ2) is 7.27. The highest BCUT2D eigenvalue weighted by Crippen LogP contribution is 2.68. The summed E-state index contributed by atoms with van der Waals surface area (Å²) in [7, 11) is 0. The molecule has 8 rings (SSSR count). The molecule has 8 atom stereocenters. The molecule has 0 amide bonds. The molecule has 5 bridgehead atoms. The Bertz CT molecular complexity index is 1060. The largest absolute Gasteiger partial charge is 0.508 e. The van der Waals surface area contributed by atoms with E-state index in [0.717, 1.165) is 6.42 Å². The Labute approximate surface area is 205 Å². The average Bonchev–Trinajstić information content (AvgIpc) is 3.23. The van der Waals surface area contributed by atoms with Crippen LogP contribution in [0.2, 0.25) is 0 Å². The van der Waals surface area contributed by atoms with Gasteiger partial charge in [0.25, 0.3) is 0 Å². The molecule has 182 valence electrons. The van der Waals surface area contributed by atoms with E-state index in [4.69, 9.17) is 10.5 Å². The number of hydrogen-bond acceptors (Lipinski definition) is 3. The number of benzene rings is 1. The Morgan fingerprint density at radius 2 is 1.88 bits per heavy atom. The summed E-state index contributed by atoms with van der Waals surface area (Å²) in [5.74, 6) is 10.8. The topological polar surface area (TPSA) is 55.5 Å². The first-order chi connectivity index (χ1) is 16.3. The molecule has 3 nitrogen and oxygen atoms in total. The molecule has 1 aromatic rings. The van der Waals surface area contributed by atoms with Crippen LogP contribution in [0.25, 0.3) is 0 Å². The van der Waals surface area contributed by atoms with E-state index in [2.05, 4.69) is 31.8 Å². The number of nitrogens with two attached hydrogens (primary N) is 1. The summed E-state index contributed by atoms with van der Waals surface area (Å²) in [5, 5.41) is 10.3. The Morgan fingerprint density at radius 1 is 1.06 bits per heavy atom. The first kappa shape index (κ1) is 21.8. The fraction of sp³-hybridized carbons (Fsp3) is 0.742. The van der Waals surface area contributed by atoms with Crippen molar-refractivity contribution >= 4 is 0 Å². The van der Waals surface area contributed by atoms with Crippen molar-refractivity contribution in [3.05, 3.63) is 29.3 Å². The minimum atomic E-state index is -0.180. The third-order valence-corrected chi connectivity index (χ3v) is 11.6. The van der Waals surface area contributed by atoms with Gasteiger partial charge in [-0.25, -0.2) is 0 Å². The van der Waals surface area contributed by atoms with Crippen molar-refractivity contribution in [2.75, 3.05) is 0 Å². The number of phenolic OH excluding ortho intramolecular Hbond substituents is 1. The monoisotopic (exact) mass is 459 g/mol. The molecule has 0 aromatic heterocycles. The van der Waals surface area contributed by atoms with Crippen LogP contribution in [-0.2, 0) is 17.6 Å². The maximum absolute atomic E-state index is 10.3. The van der Waals surface area contributed by atoms with E-state index in [-0.39, 0.29) is 23.2 Å². The maximum Gasteiger partial charge on any atom is 0.115 e. The average molecular weight is 460 g/mol. The Kier molecular flexibility index (Phi) is 4.65. The predicted molar refractivity (Wildman–Crippen MR) is 134 cm³/mol. The van der Waals surface area contributed by atoms with Gasteiger partial charge in [0.2, 0.25) is 0 Å². The number of phenols is 1. The molecule has 2 saturated heterocycles. The molecule has 7 aliphatic rings. The summed E-state index contributed by atoms with van der Waals surface area (Å²) in [6.45, 7) is 4.62.